The minimum atomic E-state index is -1.92. The molecule has 0 saturated carbocycles. The topological polar surface area (TPSA) is 64.9 Å². The Morgan fingerprint density at radius 2 is 1.86 bits per heavy atom. The van der Waals surface area contributed by atoms with Gasteiger partial charge in [0.15, 0.2) is 0 Å². The van der Waals surface area contributed by atoms with Crippen LogP contribution in [0.2, 0.25) is 0 Å². The maximum atomic E-state index is 13.1. The van der Waals surface area contributed by atoms with E-state index in [1.165, 1.54) is 11.8 Å². The summed E-state index contributed by atoms with van der Waals surface area (Å²) in [5, 5.41) is 9.11. The molecule has 0 amide bonds. The van der Waals surface area contributed by atoms with Gasteiger partial charge in [-0.2, -0.15) is 0 Å². The highest BCUT2D eigenvalue weighted by Gasteiger charge is 2.24. The molecule has 2 aromatic rings. The molecule has 6 nitrogen and oxygen atoms in total. The average molecular weight is 381 g/mol. The van der Waals surface area contributed by atoms with Gasteiger partial charge in [-0.25, -0.2) is 9.38 Å². The molecule has 146 valence electrons. The predicted molar refractivity (Wildman–Crippen MR) is 107 cm³/mol. The molecule has 1 aromatic carbocycles. The molecular formula is C21H24FN5O. The van der Waals surface area contributed by atoms with Crippen molar-refractivity contribution < 1.29 is 9.50 Å². The van der Waals surface area contributed by atoms with Gasteiger partial charge >= 0.3 is 0 Å². The van der Waals surface area contributed by atoms with Crippen molar-refractivity contribution in [3.8, 4) is 0 Å². The van der Waals surface area contributed by atoms with E-state index in [2.05, 4.69) is 43.8 Å². The zero-order valence-corrected chi connectivity index (χ0v) is 15.8. The lowest BCUT2D eigenvalue weighted by molar-refractivity contribution is 0.0271. The van der Waals surface area contributed by atoms with Crippen molar-refractivity contribution in [3.05, 3.63) is 60.2 Å². The van der Waals surface area contributed by atoms with Gasteiger partial charge in [0.25, 0.3) is 0 Å². The molecule has 3 heterocycles. The summed E-state index contributed by atoms with van der Waals surface area (Å²) in [5.74, 6) is 0.124. The number of rotatable bonds is 4. The molecule has 0 radical (unpaired) electrons. The minimum Gasteiger partial charge on any atom is -0.363 e. The van der Waals surface area contributed by atoms with Crippen LogP contribution in [0.3, 0.4) is 0 Å². The van der Waals surface area contributed by atoms with E-state index in [0.717, 1.165) is 43.0 Å². The van der Waals surface area contributed by atoms with Crippen LogP contribution in [0.4, 0.5) is 4.39 Å². The highest BCUT2D eigenvalue weighted by Crippen LogP contribution is 2.25. The first-order valence-electron chi connectivity index (χ1n) is 9.56. The molecule has 4 rings (SSSR count). The highest BCUT2D eigenvalue weighted by atomic mass is 19.1. The molecule has 1 saturated heterocycles. The number of allylic oxidation sites excluding steroid dienone is 2. The number of fused-ring (bicyclic) bond motifs is 1. The monoisotopic (exact) mass is 381 g/mol. The Morgan fingerprint density at radius 1 is 1.11 bits per heavy atom. The number of alkyl halides is 1. The van der Waals surface area contributed by atoms with Crippen molar-refractivity contribution in [2.45, 2.75) is 19.3 Å². The molecule has 1 N–H and O–H groups in total. The first-order chi connectivity index (χ1) is 13.6. The van der Waals surface area contributed by atoms with Crippen LogP contribution < -0.4 is 0 Å². The fourth-order valence-electron chi connectivity index (χ4n) is 3.66. The number of aliphatic imine (C=N–C) groups is 1. The second-order valence-electron chi connectivity index (χ2n) is 7.14. The fourth-order valence-corrected chi connectivity index (χ4v) is 3.66. The van der Waals surface area contributed by atoms with Crippen LogP contribution in [0.25, 0.3) is 11.0 Å². The van der Waals surface area contributed by atoms with Crippen molar-refractivity contribution >= 4 is 17.2 Å². The van der Waals surface area contributed by atoms with Crippen molar-refractivity contribution in [1.82, 2.24) is 19.8 Å². The largest absolute Gasteiger partial charge is 0.363 e. The number of piperazine rings is 1. The third-order valence-corrected chi connectivity index (χ3v) is 5.44. The molecule has 0 spiro atoms. The first kappa shape index (κ1) is 18.7. The zero-order chi connectivity index (χ0) is 19.5. The Hall–Kier alpha value is -2.64. The molecule has 0 bridgehead atoms. The quantitative estimate of drug-likeness (QED) is 0.882. The number of hydrogen-bond acceptors (Lipinski definition) is 6. The maximum absolute atomic E-state index is 13.1. The molecule has 28 heavy (non-hydrogen) atoms. The van der Waals surface area contributed by atoms with Gasteiger partial charge in [-0.1, -0.05) is 18.2 Å². The van der Waals surface area contributed by atoms with Gasteiger partial charge < -0.3 is 10.0 Å². The third-order valence-electron chi connectivity index (χ3n) is 5.44. The number of nitrogens with zero attached hydrogens (tertiary/aromatic N) is 5. The summed E-state index contributed by atoms with van der Waals surface area (Å²) < 4.78 is 13.1. The third kappa shape index (κ3) is 3.95. The Morgan fingerprint density at radius 3 is 2.61 bits per heavy atom. The van der Waals surface area contributed by atoms with E-state index in [-0.39, 0.29) is 6.04 Å². The fraction of sp³-hybridized carbons (Fsp3) is 0.381. The van der Waals surface area contributed by atoms with Gasteiger partial charge in [-0.3, -0.25) is 14.9 Å². The number of benzene rings is 1. The number of hydrogen-bond donors (Lipinski definition) is 1. The first-order valence-corrected chi connectivity index (χ1v) is 9.56. The van der Waals surface area contributed by atoms with E-state index >= 15 is 0 Å². The lowest BCUT2D eigenvalue weighted by Gasteiger charge is -2.39. The van der Waals surface area contributed by atoms with Crippen LogP contribution in [0.5, 0.6) is 0 Å². The summed E-state index contributed by atoms with van der Waals surface area (Å²) in [6.07, 6.45) is 8.25. The second-order valence-corrected chi connectivity index (χ2v) is 7.14. The van der Waals surface area contributed by atoms with Crippen molar-refractivity contribution in [1.29, 1.82) is 0 Å². The molecule has 3 unspecified atom stereocenters. The van der Waals surface area contributed by atoms with Crippen molar-refractivity contribution in [3.63, 3.8) is 0 Å². The van der Waals surface area contributed by atoms with Crippen LogP contribution in [0.15, 0.2) is 59.6 Å². The molecule has 0 aliphatic carbocycles. The number of aliphatic hydroxyl groups is 1. The smallest absolute Gasteiger partial charge is 0.207 e. The molecule has 1 aromatic heterocycles. The molecule has 7 heteroatoms. The van der Waals surface area contributed by atoms with Gasteiger partial charge in [0.1, 0.15) is 5.82 Å². The molecule has 2 aliphatic heterocycles. The van der Waals surface area contributed by atoms with E-state index in [1.54, 1.807) is 24.5 Å². The van der Waals surface area contributed by atoms with Crippen molar-refractivity contribution in [2.75, 3.05) is 26.2 Å². The second kappa shape index (κ2) is 8.16. The van der Waals surface area contributed by atoms with E-state index in [0.29, 0.717) is 0 Å². The predicted octanol–water partition coefficient (Wildman–Crippen LogP) is 2.69. The molecule has 2 aliphatic rings. The Kier molecular flexibility index (Phi) is 5.45. The minimum absolute atomic E-state index is 0.283. The van der Waals surface area contributed by atoms with Crippen LogP contribution in [-0.4, -0.2) is 63.6 Å². The summed E-state index contributed by atoms with van der Waals surface area (Å²) in [4.78, 5) is 17.8. The average Bonchev–Trinajstić information content (AvgIpc) is 2.99. The molecular weight excluding hydrogens is 357 g/mol. The Balaban J connectivity index is 1.40. The van der Waals surface area contributed by atoms with E-state index in [9.17, 15) is 4.39 Å². The van der Waals surface area contributed by atoms with Crippen LogP contribution in [-0.2, 0) is 0 Å². The van der Waals surface area contributed by atoms with E-state index < -0.39 is 12.3 Å². The summed E-state index contributed by atoms with van der Waals surface area (Å²) >= 11 is 0. The van der Waals surface area contributed by atoms with Crippen LogP contribution in [0.1, 0.15) is 18.5 Å². The van der Waals surface area contributed by atoms with Gasteiger partial charge in [-0.15, -0.1) is 0 Å². The van der Waals surface area contributed by atoms with E-state index in [1.807, 2.05) is 12.1 Å². The normalized spacial score (nSPS) is 22.8. The van der Waals surface area contributed by atoms with Crippen LogP contribution in [0, 0.1) is 5.92 Å². The summed E-state index contributed by atoms with van der Waals surface area (Å²) in [7, 11) is 0. The zero-order valence-electron chi connectivity index (χ0n) is 15.8. The lowest BCUT2D eigenvalue weighted by Crippen LogP contribution is -2.46. The SMILES string of the molecule is CC(c1ccc2nccnc2c1)N1CCN(C2=CC=CC(C(O)F)C=N2)CC1. The standard InChI is InChI=1S/C21H24FN5O/c1-15(16-5-6-18-19(13-16)24-8-7-23-18)26-9-11-27(12-10-26)20-4-2-3-17(14-25-20)21(22)28/h2-8,13-15,17,21,28H,9-12H2,1H3. The van der Waals surface area contributed by atoms with Crippen molar-refractivity contribution in [2.24, 2.45) is 10.9 Å². The number of aliphatic hydroxyl groups excluding tert-OH is 1. The summed E-state index contributed by atoms with van der Waals surface area (Å²) in [5.41, 5.74) is 3.06. The van der Waals surface area contributed by atoms with Gasteiger partial charge in [0, 0.05) is 50.8 Å². The van der Waals surface area contributed by atoms with Gasteiger partial charge in [0.2, 0.25) is 6.36 Å². The van der Waals surface area contributed by atoms with E-state index in [4.69, 9.17) is 5.11 Å². The highest BCUT2D eigenvalue weighted by molar-refractivity contribution is 5.74. The van der Waals surface area contributed by atoms with Crippen LogP contribution >= 0.6 is 0 Å². The lowest BCUT2D eigenvalue weighted by atomic mass is 10.0. The Labute approximate surface area is 163 Å². The maximum Gasteiger partial charge on any atom is 0.207 e. The summed E-state index contributed by atoms with van der Waals surface area (Å²) in [6, 6.07) is 6.55. The van der Waals surface area contributed by atoms with Gasteiger partial charge in [-0.05, 0) is 30.7 Å². The molecule has 1 fully saturated rings. The number of aromatic nitrogens is 2. The Bertz CT molecular complexity index is 918. The number of halogens is 1. The molecule has 3 atom stereocenters. The summed E-state index contributed by atoms with van der Waals surface area (Å²) in [6.45, 7) is 5.72. The van der Waals surface area contributed by atoms with Gasteiger partial charge in [0.05, 0.1) is 17.0 Å².